The molecular weight excluding hydrogens is 547 g/mol. The Balaban J connectivity index is 1.44. The fraction of sp³-hybridized carbons (Fsp3) is 0.500. The molecule has 2 fully saturated rings. The van der Waals surface area contributed by atoms with Crippen molar-refractivity contribution in [1.82, 2.24) is 24.6 Å². The average molecular weight is 579 g/mol. The second-order valence-corrected chi connectivity index (χ2v) is 11.6. The van der Waals surface area contributed by atoms with Crippen molar-refractivity contribution in [1.29, 1.82) is 0 Å². The molecule has 5 rings (SSSR count). The van der Waals surface area contributed by atoms with Crippen molar-refractivity contribution in [3.8, 4) is 0 Å². The molecule has 0 spiro atoms. The Morgan fingerprint density at radius 2 is 1.93 bits per heavy atom. The van der Waals surface area contributed by atoms with Gasteiger partial charge in [0.1, 0.15) is 30.1 Å². The van der Waals surface area contributed by atoms with E-state index in [1.54, 1.807) is 17.0 Å². The van der Waals surface area contributed by atoms with Gasteiger partial charge in [0.25, 0.3) is 11.5 Å². The zero-order valence-electron chi connectivity index (χ0n) is 22.7. The highest BCUT2D eigenvalue weighted by atomic mass is 19.4. The lowest BCUT2D eigenvalue weighted by Crippen LogP contribution is -2.43. The molecule has 3 aromatic rings. The second kappa shape index (κ2) is 10.7. The van der Waals surface area contributed by atoms with E-state index < -0.39 is 53.1 Å². The van der Waals surface area contributed by atoms with Gasteiger partial charge in [-0.05, 0) is 60.9 Å². The number of rotatable bonds is 10. The van der Waals surface area contributed by atoms with Gasteiger partial charge in [-0.1, -0.05) is 13.0 Å². The van der Waals surface area contributed by atoms with E-state index in [9.17, 15) is 31.5 Å². The summed E-state index contributed by atoms with van der Waals surface area (Å²) in [7, 11) is 1.81. The molecule has 1 amide bonds. The van der Waals surface area contributed by atoms with Crippen molar-refractivity contribution in [2.75, 3.05) is 18.5 Å². The number of benzene rings is 1. The van der Waals surface area contributed by atoms with E-state index in [0.717, 1.165) is 19.0 Å². The second-order valence-electron chi connectivity index (χ2n) is 11.6. The van der Waals surface area contributed by atoms with Crippen LogP contribution in [0.4, 0.5) is 27.6 Å². The van der Waals surface area contributed by atoms with Crippen molar-refractivity contribution in [3.05, 3.63) is 75.5 Å². The summed E-state index contributed by atoms with van der Waals surface area (Å²) in [5.74, 6) is -0.744. The maximum atomic E-state index is 14.9. The van der Waals surface area contributed by atoms with E-state index in [1.165, 1.54) is 18.2 Å². The van der Waals surface area contributed by atoms with Crippen molar-refractivity contribution in [2.24, 2.45) is 18.4 Å². The quantitative estimate of drug-likeness (QED) is 0.346. The maximum Gasteiger partial charge on any atom is 0.406 e. The zero-order chi connectivity index (χ0) is 29.6. The number of hydrogen-bond acceptors (Lipinski definition) is 5. The summed E-state index contributed by atoms with van der Waals surface area (Å²) >= 11 is 0. The first-order valence-electron chi connectivity index (χ1n) is 13.4. The number of alkyl halides is 4. The number of carbonyl (C=O) groups is 1. The lowest BCUT2D eigenvalue weighted by atomic mass is 9.58. The largest absolute Gasteiger partial charge is 0.406 e. The SMILES string of the molecule is CC1CC(c2ccc(F)c(NC(=O)c3cc(CNCC4(CF)CC4)cn(CC(F)(F)F)c3=O)c2)(c2nncn2C)C1. The van der Waals surface area contributed by atoms with Crippen LogP contribution in [0.1, 0.15) is 59.9 Å². The molecule has 13 heteroatoms. The highest BCUT2D eigenvalue weighted by Crippen LogP contribution is 2.52. The summed E-state index contributed by atoms with van der Waals surface area (Å²) in [5.41, 5.74) is -2.04. The molecule has 0 atom stereocenters. The highest BCUT2D eigenvalue weighted by molar-refractivity contribution is 6.04. The number of amides is 1. The molecule has 2 heterocycles. The van der Waals surface area contributed by atoms with Crippen LogP contribution in [0.2, 0.25) is 0 Å². The predicted molar refractivity (Wildman–Crippen MR) is 141 cm³/mol. The van der Waals surface area contributed by atoms with Crippen LogP contribution in [-0.4, -0.2) is 44.6 Å². The third-order valence-electron chi connectivity index (χ3n) is 8.11. The van der Waals surface area contributed by atoms with Crippen molar-refractivity contribution >= 4 is 11.6 Å². The number of aryl methyl sites for hydroxylation is 1. The molecule has 0 bridgehead atoms. The van der Waals surface area contributed by atoms with Crippen LogP contribution in [0.25, 0.3) is 0 Å². The molecule has 2 saturated carbocycles. The summed E-state index contributed by atoms with van der Waals surface area (Å²) in [5, 5.41) is 13.6. The van der Waals surface area contributed by atoms with Crippen LogP contribution in [0, 0.1) is 17.2 Å². The molecule has 220 valence electrons. The first-order valence-corrected chi connectivity index (χ1v) is 13.4. The molecule has 2 aliphatic rings. The van der Waals surface area contributed by atoms with Gasteiger partial charge in [0.15, 0.2) is 0 Å². The van der Waals surface area contributed by atoms with Crippen LogP contribution < -0.4 is 16.2 Å². The van der Waals surface area contributed by atoms with Gasteiger partial charge in [0, 0.05) is 31.7 Å². The summed E-state index contributed by atoms with van der Waals surface area (Å²) in [6.45, 7) is 0.297. The Labute approximate surface area is 233 Å². The molecule has 0 aliphatic heterocycles. The van der Waals surface area contributed by atoms with E-state index in [4.69, 9.17) is 0 Å². The molecule has 0 unspecified atom stereocenters. The number of nitrogens with zero attached hydrogens (tertiary/aromatic N) is 4. The predicted octanol–water partition coefficient (Wildman–Crippen LogP) is 4.49. The number of nitrogens with one attached hydrogen (secondary N) is 2. The normalized spacial score (nSPS) is 21.4. The molecule has 8 nitrogen and oxygen atoms in total. The van der Waals surface area contributed by atoms with E-state index >= 15 is 0 Å². The van der Waals surface area contributed by atoms with E-state index in [2.05, 4.69) is 27.8 Å². The van der Waals surface area contributed by atoms with Crippen LogP contribution in [0.15, 0.2) is 41.6 Å². The van der Waals surface area contributed by atoms with Gasteiger partial charge in [-0.15, -0.1) is 10.2 Å². The Morgan fingerprint density at radius 1 is 1.20 bits per heavy atom. The van der Waals surface area contributed by atoms with Gasteiger partial charge < -0.3 is 19.8 Å². The number of carbonyl (C=O) groups excluding carboxylic acids is 1. The standard InChI is InChI=1S/C28H31F5N6O2/c1-17-9-27(10-17,25-37-35-16-38(25)2)19-3-4-21(30)22(8-19)36-23(40)20-7-18(11-34-14-26(13-29)5-6-26)12-39(24(20)41)15-28(31,32)33/h3-4,7-8,12,16-17,34H,5-6,9-11,13-15H2,1-2H3,(H,36,40). The maximum absolute atomic E-state index is 14.9. The molecule has 2 aromatic heterocycles. The molecule has 2 aliphatic carbocycles. The molecule has 1 aromatic carbocycles. The summed E-state index contributed by atoms with van der Waals surface area (Å²) in [6.07, 6.45) is 0.738. The molecule has 2 N–H and O–H groups in total. The van der Waals surface area contributed by atoms with Crippen LogP contribution >= 0.6 is 0 Å². The van der Waals surface area contributed by atoms with Crippen LogP contribution in [-0.2, 0) is 25.6 Å². The van der Waals surface area contributed by atoms with Gasteiger partial charge in [-0.3, -0.25) is 14.0 Å². The summed E-state index contributed by atoms with van der Waals surface area (Å²) < 4.78 is 70.1. The van der Waals surface area contributed by atoms with Gasteiger partial charge in [0.2, 0.25) is 0 Å². The van der Waals surface area contributed by atoms with Crippen molar-refractivity contribution in [3.63, 3.8) is 0 Å². The first-order chi connectivity index (χ1) is 19.3. The minimum absolute atomic E-state index is 0.0163. The average Bonchev–Trinajstić information content (AvgIpc) is 3.54. The Hall–Kier alpha value is -3.61. The Bertz CT molecular complexity index is 1500. The van der Waals surface area contributed by atoms with Crippen molar-refractivity contribution in [2.45, 2.75) is 57.3 Å². The number of pyridine rings is 1. The monoisotopic (exact) mass is 578 g/mol. The lowest BCUT2D eigenvalue weighted by molar-refractivity contribution is -0.141. The van der Waals surface area contributed by atoms with Gasteiger partial charge in [-0.25, -0.2) is 4.39 Å². The van der Waals surface area contributed by atoms with Crippen LogP contribution in [0.5, 0.6) is 0 Å². The van der Waals surface area contributed by atoms with E-state index in [1.807, 2.05) is 7.05 Å². The number of anilines is 1. The van der Waals surface area contributed by atoms with Crippen LogP contribution in [0.3, 0.4) is 0 Å². The third kappa shape index (κ3) is 5.90. The smallest absolute Gasteiger partial charge is 0.320 e. The lowest BCUT2D eigenvalue weighted by Gasteiger charge is -2.46. The van der Waals surface area contributed by atoms with E-state index in [-0.39, 0.29) is 17.8 Å². The van der Waals surface area contributed by atoms with Gasteiger partial charge in [-0.2, -0.15) is 13.2 Å². The molecule has 0 saturated heterocycles. The Kier molecular flexibility index (Phi) is 7.51. The number of hydrogen-bond donors (Lipinski definition) is 2. The molecule has 41 heavy (non-hydrogen) atoms. The van der Waals surface area contributed by atoms with E-state index in [0.29, 0.717) is 41.3 Å². The number of aromatic nitrogens is 4. The molecule has 0 radical (unpaired) electrons. The van der Waals surface area contributed by atoms with Crippen molar-refractivity contribution < 1.29 is 26.7 Å². The minimum Gasteiger partial charge on any atom is -0.320 e. The summed E-state index contributed by atoms with van der Waals surface area (Å²) in [4.78, 5) is 26.2. The third-order valence-corrected chi connectivity index (χ3v) is 8.11. The Morgan fingerprint density at radius 3 is 2.51 bits per heavy atom. The first kappa shape index (κ1) is 28.9. The fourth-order valence-electron chi connectivity index (χ4n) is 5.78. The fourth-order valence-corrected chi connectivity index (χ4v) is 5.78. The topological polar surface area (TPSA) is 93.8 Å². The molecular formula is C28H31F5N6O2. The van der Waals surface area contributed by atoms with Gasteiger partial charge in [0.05, 0.1) is 17.8 Å². The summed E-state index contributed by atoms with van der Waals surface area (Å²) in [6, 6.07) is 5.47. The van der Waals surface area contributed by atoms with Gasteiger partial charge >= 0.3 is 6.18 Å². The minimum atomic E-state index is -4.72. The number of halogens is 5. The highest BCUT2D eigenvalue weighted by Gasteiger charge is 2.48. The zero-order valence-corrected chi connectivity index (χ0v) is 22.7.